The fraction of sp³-hybridized carbons (Fsp3) is 0.526. The van der Waals surface area contributed by atoms with Gasteiger partial charge in [-0.2, -0.15) is 0 Å². The molecule has 0 saturated carbocycles. The molecule has 1 aromatic heterocycles. The van der Waals surface area contributed by atoms with Crippen molar-refractivity contribution in [2.75, 3.05) is 13.6 Å². The monoisotopic (exact) mass is 328 g/mol. The van der Waals surface area contributed by atoms with Crippen molar-refractivity contribution in [3.63, 3.8) is 0 Å². The van der Waals surface area contributed by atoms with E-state index in [1.807, 2.05) is 48.0 Å². The van der Waals surface area contributed by atoms with Crippen molar-refractivity contribution in [2.24, 2.45) is 13.0 Å². The first kappa shape index (κ1) is 17.0. The number of rotatable bonds is 5. The Morgan fingerprint density at radius 3 is 2.58 bits per heavy atom. The van der Waals surface area contributed by atoms with E-state index in [0.717, 1.165) is 35.9 Å². The van der Waals surface area contributed by atoms with Gasteiger partial charge in [-0.25, -0.2) is 0 Å². The van der Waals surface area contributed by atoms with E-state index in [0.29, 0.717) is 18.0 Å². The number of carbonyl (C=O) groups is 1. The molecular weight excluding hydrogens is 300 g/mol. The number of hydrogen-bond donors (Lipinski definition) is 2. The molecule has 1 aliphatic heterocycles. The summed E-state index contributed by atoms with van der Waals surface area (Å²) in [5, 5.41) is 1.03. The van der Waals surface area contributed by atoms with Gasteiger partial charge < -0.3 is 9.47 Å². The molecule has 0 aliphatic carbocycles. The molecule has 2 N–H and O–H groups in total. The Balaban J connectivity index is 1.62. The van der Waals surface area contributed by atoms with Crippen LogP contribution in [-0.4, -0.2) is 41.1 Å². The largest absolute Gasteiger partial charge is 0.350 e. The summed E-state index contributed by atoms with van der Waals surface area (Å²) in [5.74, 6) is 0.724. The smallest absolute Gasteiger partial charge is 0.255 e. The molecule has 2 atom stereocenters. The van der Waals surface area contributed by atoms with Gasteiger partial charge in [0.15, 0.2) is 0 Å². The molecule has 0 spiro atoms. The maximum Gasteiger partial charge on any atom is 0.255 e. The maximum absolute atomic E-state index is 12.8. The fourth-order valence-electron chi connectivity index (χ4n) is 3.79. The predicted molar refractivity (Wildman–Crippen MR) is 97.8 cm³/mol. The second kappa shape index (κ2) is 6.95. The number of carbonyl (C=O) groups excluding carboxylic acids is 1. The van der Waals surface area contributed by atoms with Crippen molar-refractivity contribution in [2.45, 2.75) is 38.8 Å². The van der Waals surface area contributed by atoms with Crippen LogP contribution >= 0.6 is 0 Å². The van der Waals surface area contributed by atoms with E-state index in [9.17, 15) is 4.79 Å². The quantitative estimate of drug-likeness (QED) is 0.887. The number of nitrogens with one attached hydrogen (secondary N) is 2. The zero-order valence-electron chi connectivity index (χ0n) is 15.0. The van der Waals surface area contributed by atoms with Crippen LogP contribution in [0.2, 0.25) is 0 Å². The molecule has 130 valence electrons. The Bertz CT molecular complexity index is 713. The van der Waals surface area contributed by atoms with Crippen molar-refractivity contribution < 1.29 is 4.79 Å². The van der Waals surface area contributed by atoms with E-state index in [2.05, 4.69) is 30.8 Å². The average Bonchev–Trinajstić information content (AvgIpc) is 3.08. The number of hydrazine groups is 1. The van der Waals surface area contributed by atoms with Crippen LogP contribution in [0.1, 0.15) is 37.0 Å². The molecule has 5 heteroatoms. The first-order valence-corrected chi connectivity index (χ1v) is 8.79. The Kier molecular flexibility index (Phi) is 4.92. The Hall–Kier alpha value is -1.85. The lowest BCUT2D eigenvalue weighted by atomic mass is 9.91. The molecule has 3 rings (SSSR count). The lowest BCUT2D eigenvalue weighted by Gasteiger charge is -2.21. The fourth-order valence-corrected chi connectivity index (χ4v) is 3.79. The minimum absolute atomic E-state index is 0.107. The van der Waals surface area contributed by atoms with Gasteiger partial charge in [0.05, 0.1) is 5.56 Å². The second-order valence-corrected chi connectivity index (χ2v) is 7.07. The van der Waals surface area contributed by atoms with E-state index in [1.165, 1.54) is 0 Å². The van der Waals surface area contributed by atoms with Crippen LogP contribution in [0.4, 0.5) is 0 Å². The number of aryl methyl sites for hydroxylation is 1. The second-order valence-electron chi connectivity index (χ2n) is 7.07. The molecule has 1 amide bonds. The van der Waals surface area contributed by atoms with Gasteiger partial charge in [0.1, 0.15) is 0 Å². The van der Waals surface area contributed by atoms with E-state index in [-0.39, 0.29) is 5.91 Å². The summed E-state index contributed by atoms with van der Waals surface area (Å²) in [4.78, 5) is 14.7. The van der Waals surface area contributed by atoms with Crippen molar-refractivity contribution in [3.8, 4) is 0 Å². The Labute approximate surface area is 144 Å². The SMILES string of the molecule is CC1NNC(C)C1CCCN(C)C(=O)c1cn(C)c2ccccc12. The van der Waals surface area contributed by atoms with E-state index >= 15 is 0 Å². The highest BCUT2D eigenvalue weighted by Gasteiger charge is 2.29. The molecule has 0 radical (unpaired) electrons. The van der Waals surface area contributed by atoms with Crippen LogP contribution < -0.4 is 10.9 Å². The predicted octanol–water partition coefficient (Wildman–Crippen LogP) is 2.53. The van der Waals surface area contributed by atoms with Crippen LogP contribution in [0.5, 0.6) is 0 Å². The summed E-state index contributed by atoms with van der Waals surface area (Å²) in [6.45, 7) is 5.22. The maximum atomic E-state index is 12.8. The van der Waals surface area contributed by atoms with Gasteiger partial charge >= 0.3 is 0 Å². The van der Waals surface area contributed by atoms with Crippen LogP contribution in [0.25, 0.3) is 10.9 Å². The molecule has 1 saturated heterocycles. The van der Waals surface area contributed by atoms with Gasteiger partial charge in [-0.3, -0.25) is 15.6 Å². The van der Waals surface area contributed by atoms with Gasteiger partial charge in [-0.15, -0.1) is 0 Å². The molecule has 1 fully saturated rings. The number of para-hydroxylation sites is 1. The van der Waals surface area contributed by atoms with Crippen molar-refractivity contribution in [1.82, 2.24) is 20.3 Å². The number of amides is 1. The summed E-state index contributed by atoms with van der Waals surface area (Å²) >= 11 is 0. The highest BCUT2D eigenvalue weighted by atomic mass is 16.2. The molecule has 1 aromatic carbocycles. The number of hydrogen-bond acceptors (Lipinski definition) is 3. The lowest BCUT2D eigenvalue weighted by molar-refractivity contribution is 0.0792. The molecular formula is C19H28N4O. The molecule has 2 heterocycles. The summed E-state index contributed by atoms with van der Waals surface area (Å²) in [6, 6.07) is 9.04. The van der Waals surface area contributed by atoms with Crippen LogP contribution in [-0.2, 0) is 7.05 Å². The van der Waals surface area contributed by atoms with Gasteiger partial charge in [0.2, 0.25) is 0 Å². The van der Waals surface area contributed by atoms with Crippen LogP contribution in [0, 0.1) is 5.92 Å². The number of fused-ring (bicyclic) bond motifs is 1. The van der Waals surface area contributed by atoms with Crippen molar-refractivity contribution >= 4 is 16.8 Å². The van der Waals surface area contributed by atoms with Crippen molar-refractivity contribution in [1.29, 1.82) is 0 Å². The topological polar surface area (TPSA) is 49.3 Å². The summed E-state index contributed by atoms with van der Waals surface area (Å²) in [5.41, 5.74) is 8.48. The van der Waals surface area contributed by atoms with Crippen LogP contribution in [0.15, 0.2) is 30.5 Å². The standard InChI is InChI=1S/C19H28N4O/c1-13-15(14(2)21-20-13)9-7-11-22(3)19(24)17-12-23(4)18-10-6-5-8-16(17)18/h5-6,8,10,12-15,20-21H,7,9,11H2,1-4H3. The van der Waals surface area contributed by atoms with Crippen molar-refractivity contribution in [3.05, 3.63) is 36.0 Å². The minimum atomic E-state index is 0.107. The highest BCUT2D eigenvalue weighted by molar-refractivity contribution is 6.06. The third kappa shape index (κ3) is 3.19. The normalized spacial score (nSPS) is 23.8. The third-order valence-electron chi connectivity index (χ3n) is 5.33. The summed E-state index contributed by atoms with van der Waals surface area (Å²) < 4.78 is 2.02. The summed E-state index contributed by atoms with van der Waals surface area (Å²) in [7, 11) is 3.89. The minimum Gasteiger partial charge on any atom is -0.350 e. The zero-order valence-corrected chi connectivity index (χ0v) is 15.0. The van der Waals surface area contributed by atoms with E-state index in [1.54, 1.807) is 0 Å². The Morgan fingerprint density at radius 2 is 1.88 bits per heavy atom. The van der Waals surface area contributed by atoms with E-state index < -0.39 is 0 Å². The number of nitrogens with zero attached hydrogens (tertiary/aromatic N) is 2. The molecule has 2 unspecified atom stereocenters. The van der Waals surface area contributed by atoms with E-state index in [4.69, 9.17) is 0 Å². The van der Waals surface area contributed by atoms with Gasteiger partial charge in [-0.1, -0.05) is 18.2 Å². The molecule has 24 heavy (non-hydrogen) atoms. The number of benzene rings is 1. The third-order valence-corrected chi connectivity index (χ3v) is 5.33. The van der Waals surface area contributed by atoms with Gasteiger partial charge in [0, 0.05) is 49.8 Å². The molecule has 5 nitrogen and oxygen atoms in total. The molecule has 2 aromatic rings. The number of aromatic nitrogens is 1. The first-order valence-electron chi connectivity index (χ1n) is 8.79. The average molecular weight is 328 g/mol. The lowest BCUT2D eigenvalue weighted by Crippen LogP contribution is -2.30. The highest BCUT2D eigenvalue weighted by Crippen LogP contribution is 2.23. The Morgan fingerprint density at radius 1 is 1.21 bits per heavy atom. The van der Waals surface area contributed by atoms with Gasteiger partial charge in [-0.05, 0) is 38.7 Å². The molecule has 1 aliphatic rings. The molecule has 0 bridgehead atoms. The first-order chi connectivity index (χ1) is 11.5. The van der Waals surface area contributed by atoms with Crippen LogP contribution in [0.3, 0.4) is 0 Å². The summed E-state index contributed by atoms with van der Waals surface area (Å²) in [6.07, 6.45) is 4.09. The zero-order chi connectivity index (χ0) is 17.3. The van der Waals surface area contributed by atoms with Gasteiger partial charge in [0.25, 0.3) is 5.91 Å².